The highest BCUT2D eigenvalue weighted by atomic mass is 31.2. The first kappa shape index (κ1) is 26.5. The molecule has 0 bridgehead atoms. The number of hydrogen-bond donors (Lipinski definition) is 1. The molecule has 0 unspecified atom stereocenters. The molecule has 4 atom stereocenters. The van der Waals surface area contributed by atoms with Crippen molar-refractivity contribution in [1.82, 2.24) is 4.90 Å². The van der Waals surface area contributed by atoms with Crippen LogP contribution in [0.15, 0.2) is 95.9 Å². The zero-order chi connectivity index (χ0) is 27.9. The summed E-state index contributed by atoms with van der Waals surface area (Å²) >= 11 is 0. The van der Waals surface area contributed by atoms with Crippen molar-refractivity contribution in [2.45, 2.75) is 32.6 Å². The monoisotopic (exact) mass is 546 g/mol. The van der Waals surface area contributed by atoms with Crippen molar-refractivity contribution in [2.24, 2.45) is 11.8 Å². The lowest BCUT2D eigenvalue weighted by atomic mass is 9.79. The average Bonchev–Trinajstić information content (AvgIpc) is 3.20. The van der Waals surface area contributed by atoms with Crippen LogP contribution in [0.2, 0.25) is 0 Å². The highest BCUT2D eigenvalue weighted by Gasteiger charge is 2.63. The second-order valence-electron chi connectivity index (χ2n) is 9.77. The van der Waals surface area contributed by atoms with E-state index in [-0.39, 0.29) is 18.0 Å². The van der Waals surface area contributed by atoms with E-state index in [0.717, 1.165) is 0 Å². The first-order chi connectivity index (χ1) is 18.7. The molecule has 0 aliphatic carbocycles. The number of ether oxygens (including phenoxy) is 1. The Morgan fingerprint density at radius 1 is 1.03 bits per heavy atom. The van der Waals surface area contributed by atoms with Gasteiger partial charge in [0.2, 0.25) is 5.91 Å². The average molecular weight is 547 g/mol. The van der Waals surface area contributed by atoms with Crippen LogP contribution in [0.25, 0.3) is 0 Å². The van der Waals surface area contributed by atoms with Crippen LogP contribution in [-0.2, 0) is 25.5 Å². The summed E-state index contributed by atoms with van der Waals surface area (Å²) in [5.41, 5.74) is 0.363. The van der Waals surface area contributed by atoms with Crippen LogP contribution in [0.4, 0.5) is 5.69 Å². The zero-order valence-corrected chi connectivity index (χ0v) is 22.2. The first-order valence-electron chi connectivity index (χ1n) is 12.5. The molecule has 9 nitrogen and oxygen atoms in total. The van der Waals surface area contributed by atoms with Gasteiger partial charge in [0, 0.05) is 34.0 Å². The van der Waals surface area contributed by atoms with Crippen molar-refractivity contribution in [3.8, 4) is 0 Å². The summed E-state index contributed by atoms with van der Waals surface area (Å²) in [4.78, 5) is 38.7. The van der Waals surface area contributed by atoms with Crippen LogP contribution < -0.4 is 10.6 Å². The maximum atomic E-state index is 15.3. The fourth-order valence-corrected chi connectivity index (χ4v) is 8.85. The van der Waals surface area contributed by atoms with Crippen LogP contribution in [0, 0.1) is 22.0 Å². The minimum Gasteiger partial charge on any atom is -0.456 e. The van der Waals surface area contributed by atoms with E-state index in [1.54, 1.807) is 48.5 Å². The quantitative estimate of drug-likeness (QED) is 0.150. The fraction of sp³-hybridized carbons (Fsp3) is 0.241. The summed E-state index contributed by atoms with van der Waals surface area (Å²) in [6.07, 6.45) is -0.953. The van der Waals surface area contributed by atoms with Gasteiger partial charge >= 0.3 is 5.97 Å². The van der Waals surface area contributed by atoms with E-state index in [1.165, 1.54) is 36.1 Å². The molecule has 5 rings (SSSR count). The van der Waals surface area contributed by atoms with Gasteiger partial charge in [0.05, 0.1) is 23.0 Å². The summed E-state index contributed by atoms with van der Waals surface area (Å²) in [6.45, 7) is 3.16. The van der Waals surface area contributed by atoms with Crippen LogP contribution in [0.5, 0.6) is 0 Å². The van der Waals surface area contributed by atoms with Gasteiger partial charge in [-0.15, -0.1) is 0 Å². The zero-order valence-electron chi connectivity index (χ0n) is 21.3. The number of nitro groups is 1. The number of β-lactam (4-membered cyclic amide) rings is 1. The van der Waals surface area contributed by atoms with Gasteiger partial charge in [-0.3, -0.25) is 14.9 Å². The topological polar surface area (TPSA) is 127 Å². The number of aliphatic hydroxyl groups is 1. The first-order valence-corrected chi connectivity index (χ1v) is 14.2. The van der Waals surface area contributed by atoms with Gasteiger partial charge < -0.3 is 19.3 Å². The number of carbonyl (C=O) groups excluding carboxylic acids is 2. The molecular weight excluding hydrogens is 519 g/mol. The van der Waals surface area contributed by atoms with Gasteiger partial charge in [0.15, 0.2) is 7.14 Å². The Labute approximate surface area is 225 Å². The molecule has 0 aromatic heterocycles. The molecule has 3 aromatic rings. The lowest BCUT2D eigenvalue weighted by molar-refractivity contribution is -0.384. The minimum atomic E-state index is -3.64. The number of aliphatic hydroxyl groups excluding tert-OH is 1. The van der Waals surface area contributed by atoms with Crippen LogP contribution in [0.3, 0.4) is 0 Å². The molecule has 0 radical (unpaired) electrons. The Morgan fingerprint density at radius 2 is 1.56 bits per heavy atom. The van der Waals surface area contributed by atoms with Gasteiger partial charge in [0.1, 0.15) is 12.3 Å². The van der Waals surface area contributed by atoms with Gasteiger partial charge in [-0.05, 0) is 24.6 Å². The van der Waals surface area contributed by atoms with Crippen molar-refractivity contribution in [2.75, 3.05) is 0 Å². The van der Waals surface area contributed by atoms with Crippen molar-refractivity contribution in [3.63, 3.8) is 0 Å². The smallest absolute Gasteiger partial charge is 0.355 e. The molecule has 2 aliphatic heterocycles. The summed E-state index contributed by atoms with van der Waals surface area (Å²) in [5.74, 6) is -2.49. The molecule has 39 heavy (non-hydrogen) atoms. The van der Waals surface area contributed by atoms with E-state index in [2.05, 4.69) is 0 Å². The number of esters is 1. The number of benzene rings is 3. The van der Waals surface area contributed by atoms with Crippen molar-refractivity contribution in [1.29, 1.82) is 0 Å². The Bertz CT molecular complexity index is 1460. The predicted octanol–water partition coefficient (Wildman–Crippen LogP) is 3.72. The highest BCUT2D eigenvalue weighted by molar-refractivity contribution is 7.82. The molecule has 10 heteroatoms. The van der Waals surface area contributed by atoms with Crippen LogP contribution >= 0.6 is 7.14 Å². The molecule has 1 N–H and O–H groups in total. The molecule has 2 heterocycles. The van der Waals surface area contributed by atoms with Gasteiger partial charge in [0.25, 0.3) is 5.69 Å². The minimum absolute atomic E-state index is 0.0626. The second kappa shape index (κ2) is 10.2. The van der Waals surface area contributed by atoms with E-state index in [1.807, 2.05) is 19.1 Å². The van der Waals surface area contributed by atoms with Crippen molar-refractivity contribution >= 4 is 35.3 Å². The van der Waals surface area contributed by atoms with Gasteiger partial charge in [-0.1, -0.05) is 67.6 Å². The van der Waals surface area contributed by atoms with Crippen molar-refractivity contribution in [3.05, 3.63) is 112 Å². The fourth-order valence-electron chi connectivity index (χ4n) is 5.59. The molecule has 3 aromatic carbocycles. The molecule has 0 saturated carbocycles. The maximum absolute atomic E-state index is 15.3. The molecular formula is C29H27N2O7P. The molecule has 1 fully saturated rings. The Morgan fingerprint density at radius 3 is 2.05 bits per heavy atom. The maximum Gasteiger partial charge on any atom is 0.355 e. The summed E-state index contributed by atoms with van der Waals surface area (Å²) in [6, 6.07) is 22.8. The summed E-state index contributed by atoms with van der Waals surface area (Å²) in [7, 11) is -3.64. The Hall–Kier alpha value is -4.07. The normalized spacial score (nSPS) is 21.3. The third-order valence-electron chi connectivity index (χ3n) is 7.42. The van der Waals surface area contributed by atoms with Crippen molar-refractivity contribution < 1.29 is 28.9 Å². The largest absolute Gasteiger partial charge is 0.456 e. The van der Waals surface area contributed by atoms with Crippen LogP contribution in [0.1, 0.15) is 19.4 Å². The van der Waals surface area contributed by atoms with E-state index in [0.29, 0.717) is 21.5 Å². The molecule has 200 valence electrons. The number of hydrogen-bond acceptors (Lipinski definition) is 7. The van der Waals surface area contributed by atoms with Gasteiger partial charge in [-0.25, -0.2) is 4.79 Å². The number of amides is 1. The van der Waals surface area contributed by atoms with E-state index >= 15 is 4.57 Å². The van der Waals surface area contributed by atoms with E-state index < -0.39 is 47.9 Å². The number of nitro benzene ring substituents is 1. The second-order valence-corrected chi connectivity index (χ2v) is 12.5. The molecule has 0 spiro atoms. The Balaban J connectivity index is 1.62. The number of fused-ring (bicyclic) bond motifs is 1. The van der Waals surface area contributed by atoms with Crippen LogP contribution in [-0.4, -0.2) is 39.0 Å². The molecule has 2 aliphatic rings. The number of rotatable bonds is 8. The predicted molar refractivity (Wildman–Crippen MR) is 145 cm³/mol. The lowest BCUT2D eigenvalue weighted by Gasteiger charge is -2.46. The lowest BCUT2D eigenvalue weighted by Crippen LogP contribution is -2.63. The third kappa shape index (κ3) is 4.37. The summed E-state index contributed by atoms with van der Waals surface area (Å²) < 4.78 is 20.9. The standard InChI is InChI=1S/C29H27N2O7P/c1-18-25-24(19(2)32)28(33)30(25)26(29(34)38-17-20-13-15-21(16-14-20)31(35)36)27(18)39(37,22-9-5-3-6-10-22)23-11-7-4-8-12-23/h3-16,18-19,24-25,32H,17H2,1-2H3/t18-,19-,24-,25-/m1/s1. The highest BCUT2D eigenvalue weighted by Crippen LogP contribution is 2.63. The van der Waals surface area contributed by atoms with E-state index in [9.17, 15) is 24.8 Å². The molecule has 1 amide bonds. The number of nitrogens with zero attached hydrogens (tertiary/aromatic N) is 2. The van der Waals surface area contributed by atoms with E-state index in [4.69, 9.17) is 4.74 Å². The molecule has 1 saturated heterocycles. The number of non-ortho nitro benzene ring substituents is 1. The summed E-state index contributed by atoms with van der Waals surface area (Å²) in [5, 5.41) is 22.7. The third-order valence-corrected chi connectivity index (χ3v) is 10.8. The van der Waals surface area contributed by atoms with Gasteiger partial charge in [-0.2, -0.15) is 0 Å². The Kier molecular flexibility index (Phi) is 6.97. The SMILES string of the molecule is C[C@@H](O)[C@H]1C(=O)N2C(C(=O)OCc3ccc([N+](=O)[O-])cc3)=C(P(=O)(c3ccccc3)c3ccccc3)[C@H](C)[C@H]12. The number of carbonyl (C=O) groups is 2.